The third-order valence-electron chi connectivity index (χ3n) is 6.95. The summed E-state index contributed by atoms with van der Waals surface area (Å²) in [7, 11) is 0. The van der Waals surface area contributed by atoms with Gasteiger partial charge < -0.3 is 9.84 Å². The summed E-state index contributed by atoms with van der Waals surface area (Å²) in [4.78, 5) is 27.3. The van der Waals surface area contributed by atoms with E-state index in [1.807, 2.05) is 61.8 Å². The molecule has 0 unspecified atom stereocenters. The standard InChI is InChI=1S/C29H26N4O3/c1-18-6-8-20(15-30-18)25-9-7-19(14-31-25)12-21-13-24-28(23-5-3-2-4-22(21)23)32-17-33(29(24)35)26-16-36-11-10-27(26)34/h2-9,13-15,17,26-27,34H,10-12,16H2,1H3/t26-,27-/m0/s1. The van der Waals surface area contributed by atoms with Crippen molar-refractivity contribution in [1.82, 2.24) is 19.5 Å². The van der Waals surface area contributed by atoms with Gasteiger partial charge in [0.25, 0.3) is 5.56 Å². The summed E-state index contributed by atoms with van der Waals surface area (Å²) in [6.07, 6.45) is 5.75. The topological polar surface area (TPSA) is 90.1 Å². The molecule has 1 aliphatic heterocycles. The average molecular weight is 479 g/mol. The van der Waals surface area contributed by atoms with Gasteiger partial charge in [-0.2, -0.15) is 0 Å². The third kappa shape index (κ3) is 4.06. The zero-order chi connectivity index (χ0) is 24.6. The lowest BCUT2D eigenvalue weighted by Crippen LogP contribution is -2.39. The van der Waals surface area contributed by atoms with Crippen LogP contribution in [0.4, 0.5) is 0 Å². The smallest absolute Gasteiger partial charge is 0.261 e. The fraction of sp³-hybridized carbons (Fsp3) is 0.241. The molecular weight excluding hydrogens is 452 g/mol. The molecule has 0 aliphatic carbocycles. The minimum absolute atomic E-state index is 0.165. The quantitative estimate of drug-likeness (QED) is 0.389. The molecule has 1 fully saturated rings. The first-order chi connectivity index (χ1) is 17.6. The number of pyridine rings is 2. The number of fused-ring (bicyclic) bond motifs is 3. The Hall–Kier alpha value is -3.94. The van der Waals surface area contributed by atoms with E-state index < -0.39 is 12.1 Å². The van der Waals surface area contributed by atoms with Crippen LogP contribution in [0.25, 0.3) is 32.9 Å². The number of aryl methyl sites for hydroxylation is 1. The summed E-state index contributed by atoms with van der Waals surface area (Å²) in [5.74, 6) is 0. The normalized spacial score (nSPS) is 18.1. The molecule has 0 radical (unpaired) electrons. The van der Waals surface area contributed by atoms with E-state index in [9.17, 15) is 9.90 Å². The molecule has 1 N–H and O–H groups in total. The first-order valence-corrected chi connectivity index (χ1v) is 12.1. The number of aromatic nitrogens is 4. The van der Waals surface area contributed by atoms with Crippen LogP contribution in [0.15, 0.2) is 78.1 Å². The van der Waals surface area contributed by atoms with Crippen LogP contribution in [0, 0.1) is 6.92 Å². The molecule has 36 heavy (non-hydrogen) atoms. The first kappa shape index (κ1) is 22.5. The van der Waals surface area contributed by atoms with Crippen LogP contribution in [-0.2, 0) is 11.2 Å². The highest BCUT2D eigenvalue weighted by Gasteiger charge is 2.27. The van der Waals surface area contributed by atoms with Crippen LogP contribution in [-0.4, -0.2) is 43.9 Å². The molecule has 0 saturated carbocycles. The average Bonchev–Trinajstić information content (AvgIpc) is 2.91. The third-order valence-corrected chi connectivity index (χ3v) is 6.95. The number of nitrogens with zero attached hydrogens (tertiary/aromatic N) is 4. The van der Waals surface area contributed by atoms with E-state index in [1.165, 1.54) is 4.57 Å². The second-order valence-electron chi connectivity index (χ2n) is 9.35. The first-order valence-electron chi connectivity index (χ1n) is 12.1. The number of aliphatic hydroxyl groups is 1. The predicted octanol–water partition coefficient (Wildman–Crippen LogP) is 4.23. The zero-order valence-electron chi connectivity index (χ0n) is 20.0. The van der Waals surface area contributed by atoms with Gasteiger partial charge in [0.2, 0.25) is 0 Å². The van der Waals surface area contributed by atoms with E-state index in [2.05, 4.69) is 27.1 Å². The highest BCUT2D eigenvalue weighted by molar-refractivity contribution is 6.06. The highest BCUT2D eigenvalue weighted by atomic mass is 16.5. The number of benzene rings is 2. The van der Waals surface area contributed by atoms with Crippen LogP contribution in [0.3, 0.4) is 0 Å². The zero-order valence-corrected chi connectivity index (χ0v) is 20.0. The summed E-state index contributed by atoms with van der Waals surface area (Å²) in [6, 6.07) is 17.6. The minimum Gasteiger partial charge on any atom is -0.391 e. The largest absolute Gasteiger partial charge is 0.391 e. The van der Waals surface area contributed by atoms with Gasteiger partial charge in [0.05, 0.1) is 41.7 Å². The van der Waals surface area contributed by atoms with E-state index in [0.29, 0.717) is 37.0 Å². The summed E-state index contributed by atoms with van der Waals surface area (Å²) in [5.41, 5.74) is 5.39. The van der Waals surface area contributed by atoms with Gasteiger partial charge in [0, 0.05) is 35.6 Å². The molecule has 2 aromatic carbocycles. The molecule has 1 aliphatic rings. The minimum atomic E-state index is -0.635. The van der Waals surface area contributed by atoms with Crippen LogP contribution in [0.2, 0.25) is 0 Å². The number of ether oxygens (including phenoxy) is 1. The van der Waals surface area contributed by atoms with Crippen molar-refractivity contribution in [2.24, 2.45) is 0 Å². The van der Waals surface area contributed by atoms with Gasteiger partial charge in [-0.15, -0.1) is 0 Å². The Morgan fingerprint density at radius 2 is 1.86 bits per heavy atom. The number of rotatable bonds is 4. The van der Waals surface area contributed by atoms with Crippen molar-refractivity contribution >= 4 is 21.7 Å². The van der Waals surface area contributed by atoms with E-state index in [-0.39, 0.29) is 5.56 Å². The maximum Gasteiger partial charge on any atom is 0.261 e. The summed E-state index contributed by atoms with van der Waals surface area (Å²) >= 11 is 0. The van der Waals surface area contributed by atoms with E-state index in [1.54, 1.807) is 6.33 Å². The van der Waals surface area contributed by atoms with E-state index >= 15 is 0 Å². The van der Waals surface area contributed by atoms with Gasteiger partial charge in [-0.3, -0.25) is 19.3 Å². The molecule has 3 aromatic heterocycles. The van der Waals surface area contributed by atoms with Crippen molar-refractivity contribution in [2.45, 2.75) is 31.9 Å². The van der Waals surface area contributed by atoms with Crippen LogP contribution >= 0.6 is 0 Å². The molecule has 7 heteroatoms. The number of hydrogen-bond donors (Lipinski definition) is 1. The Morgan fingerprint density at radius 1 is 1.00 bits per heavy atom. The second kappa shape index (κ2) is 9.26. The Kier molecular flexibility index (Phi) is 5.79. The van der Waals surface area contributed by atoms with Crippen molar-refractivity contribution in [3.05, 3.63) is 100 Å². The summed E-state index contributed by atoms with van der Waals surface area (Å²) < 4.78 is 7.06. The van der Waals surface area contributed by atoms with Gasteiger partial charge in [0.15, 0.2) is 0 Å². The van der Waals surface area contributed by atoms with Gasteiger partial charge in [-0.25, -0.2) is 4.98 Å². The molecule has 4 heterocycles. The lowest BCUT2D eigenvalue weighted by molar-refractivity contribution is -0.0303. The SMILES string of the molecule is Cc1ccc(-c2ccc(Cc3cc4c(=O)n([C@H]5COCC[C@@H]5O)cnc4c4ccccc34)cn2)cn1. The van der Waals surface area contributed by atoms with Crippen molar-refractivity contribution < 1.29 is 9.84 Å². The monoisotopic (exact) mass is 478 g/mol. The Balaban J connectivity index is 1.42. The maximum atomic E-state index is 13.6. The molecule has 2 atom stereocenters. The van der Waals surface area contributed by atoms with Gasteiger partial charge in [0.1, 0.15) is 0 Å². The van der Waals surface area contributed by atoms with Crippen molar-refractivity contribution in [3.8, 4) is 11.3 Å². The Bertz CT molecular complexity index is 1610. The molecule has 7 nitrogen and oxygen atoms in total. The summed E-state index contributed by atoms with van der Waals surface area (Å²) in [5, 5.41) is 13.0. The maximum absolute atomic E-state index is 13.6. The predicted molar refractivity (Wildman–Crippen MR) is 139 cm³/mol. The molecule has 1 saturated heterocycles. The lowest BCUT2D eigenvalue weighted by atomic mass is 9.96. The summed E-state index contributed by atoms with van der Waals surface area (Å²) in [6.45, 7) is 2.75. The molecule has 6 rings (SSSR count). The molecule has 5 aromatic rings. The molecule has 0 bridgehead atoms. The fourth-order valence-electron chi connectivity index (χ4n) is 4.95. The van der Waals surface area contributed by atoms with Crippen molar-refractivity contribution in [3.63, 3.8) is 0 Å². The molecule has 0 amide bonds. The lowest BCUT2D eigenvalue weighted by Gasteiger charge is -2.29. The fourth-order valence-corrected chi connectivity index (χ4v) is 4.95. The van der Waals surface area contributed by atoms with Crippen molar-refractivity contribution in [2.75, 3.05) is 13.2 Å². The van der Waals surface area contributed by atoms with Crippen LogP contribution in [0.5, 0.6) is 0 Å². The van der Waals surface area contributed by atoms with Crippen LogP contribution < -0.4 is 5.56 Å². The van der Waals surface area contributed by atoms with Crippen molar-refractivity contribution in [1.29, 1.82) is 0 Å². The van der Waals surface area contributed by atoms with E-state index in [0.717, 1.165) is 38.9 Å². The molecule has 180 valence electrons. The van der Waals surface area contributed by atoms with E-state index in [4.69, 9.17) is 4.74 Å². The Labute approximate surface area is 208 Å². The van der Waals surface area contributed by atoms with Crippen LogP contribution in [0.1, 0.15) is 29.3 Å². The molecular formula is C29H26N4O3. The number of hydrogen-bond acceptors (Lipinski definition) is 6. The second-order valence-corrected chi connectivity index (χ2v) is 9.35. The Morgan fingerprint density at radius 3 is 2.61 bits per heavy atom. The van der Waals surface area contributed by atoms with Gasteiger partial charge in [-0.1, -0.05) is 30.3 Å². The molecule has 0 spiro atoms. The highest BCUT2D eigenvalue weighted by Crippen LogP contribution is 2.29. The number of aliphatic hydroxyl groups excluding tert-OH is 1. The van der Waals surface area contributed by atoms with Gasteiger partial charge in [-0.05, 0) is 60.5 Å². The van der Waals surface area contributed by atoms with Gasteiger partial charge >= 0.3 is 0 Å².